The summed E-state index contributed by atoms with van der Waals surface area (Å²) in [6, 6.07) is 7.00. The fraction of sp³-hybridized carbons (Fsp3) is 0.286. The molecule has 0 unspecified atom stereocenters. The summed E-state index contributed by atoms with van der Waals surface area (Å²) in [5, 5.41) is 10.9. The Morgan fingerprint density at radius 2 is 1.65 bits per heavy atom. The molecule has 0 fully saturated rings. The highest BCUT2D eigenvalue weighted by atomic mass is 35.5. The number of alkyl halides is 7. The van der Waals surface area contributed by atoms with Crippen molar-refractivity contribution >= 4 is 46.8 Å². The highest BCUT2D eigenvalue weighted by Crippen LogP contribution is 2.51. The van der Waals surface area contributed by atoms with Crippen molar-refractivity contribution < 1.29 is 49.9 Å². The number of aryl methyl sites for hydroxylation is 2. The number of ether oxygens (including phenoxy) is 1. The number of nitrogens with zero attached hydrogens (tertiary/aromatic N) is 6. The molecule has 0 aliphatic heterocycles. The van der Waals surface area contributed by atoms with Gasteiger partial charge in [-0.2, -0.15) is 40.9 Å². The number of hydrogen-bond donors (Lipinski definition) is 2. The minimum absolute atomic E-state index is 0.00799. The molecule has 0 spiro atoms. The molecule has 1 aromatic carbocycles. The Kier molecular flexibility index (Phi) is 10.2. The van der Waals surface area contributed by atoms with E-state index in [-0.39, 0.29) is 44.2 Å². The first-order valence-corrected chi connectivity index (χ1v) is 14.3. The molecule has 12 nitrogen and oxygen atoms in total. The lowest BCUT2D eigenvalue weighted by atomic mass is 10.1. The van der Waals surface area contributed by atoms with E-state index in [4.69, 9.17) is 23.2 Å². The second-order valence-electron chi connectivity index (χ2n) is 10.3. The van der Waals surface area contributed by atoms with Crippen LogP contribution in [-0.2, 0) is 17.2 Å². The second-order valence-corrected chi connectivity index (χ2v) is 11.1. The minimum atomic E-state index is -6.57. The Morgan fingerprint density at radius 3 is 2.27 bits per heavy atom. The normalized spacial score (nSPS) is 12.1. The summed E-state index contributed by atoms with van der Waals surface area (Å²) in [7, 11) is 2.28. The van der Waals surface area contributed by atoms with Gasteiger partial charge in [0.1, 0.15) is 11.4 Å². The van der Waals surface area contributed by atoms with Gasteiger partial charge in [-0.05, 0) is 55.8 Å². The van der Waals surface area contributed by atoms with Gasteiger partial charge in [-0.1, -0.05) is 23.2 Å². The summed E-state index contributed by atoms with van der Waals surface area (Å²) < 4.78 is 101. The number of halogens is 9. The maximum Gasteiger partial charge on any atom is 0.460 e. The molecule has 262 valence electrons. The number of nitrogens with one attached hydrogen (secondary N) is 2. The number of pyridine rings is 1. The van der Waals surface area contributed by atoms with E-state index < -0.39 is 48.2 Å². The van der Waals surface area contributed by atoms with E-state index in [0.717, 1.165) is 29.8 Å². The number of hydrogen-bond acceptors (Lipinski definition) is 7. The average Bonchev–Trinajstić information content (AvgIpc) is 3.61. The predicted octanol–water partition coefficient (Wildman–Crippen LogP) is 6.32. The monoisotopic (exact) mass is 738 g/mol. The molecule has 2 N–H and O–H groups in total. The highest BCUT2D eigenvalue weighted by Gasteiger charge is 2.74. The molecule has 3 aromatic heterocycles. The number of carbonyl (C=O) groups excluding carboxylic acids is 3. The van der Waals surface area contributed by atoms with Crippen molar-refractivity contribution in [3.63, 3.8) is 0 Å². The molecule has 0 aliphatic rings. The molecule has 0 atom stereocenters. The van der Waals surface area contributed by atoms with Crippen LogP contribution >= 0.6 is 23.2 Å². The Hall–Kier alpha value is -4.91. The van der Waals surface area contributed by atoms with Crippen LogP contribution in [0.4, 0.5) is 41.2 Å². The first-order valence-electron chi connectivity index (χ1n) is 13.5. The number of rotatable bonds is 8. The third-order valence-corrected chi connectivity index (χ3v) is 7.31. The molecular weight excluding hydrogens is 716 g/mol. The highest BCUT2D eigenvalue weighted by molar-refractivity contribution is 6.32. The molecule has 4 rings (SSSR count). The van der Waals surface area contributed by atoms with E-state index in [9.17, 15) is 45.1 Å². The van der Waals surface area contributed by atoms with Gasteiger partial charge in [0.2, 0.25) is 0 Å². The van der Waals surface area contributed by atoms with Crippen molar-refractivity contribution in [2.75, 3.05) is 19.5 Å². The lowest BCUT2D eigenvalue weighted by molar-refractivity contribution is -0.360. The van der Waals surface area contributed by atoms with Gasteiger partial charge in [0.05, 0.1) is 35.6 Å². The van der Waals surface area contributed by atoms with Gasteiger partial charge in [-0.3, -0.25) is 19.7 Å². The van der Waals surface area contributed by atoms with Crippen LogP contribution in [0.25, 0.3) is 5.82 Å². The Bertz CT molecular complexity index is 1930. The lowest BCUT2D eigenvalue weighted by Gasteiger charge is -2.26. The zero-order valence-electron chi connectivity index (χ0n) is 25.5. The molecule has 0 saturated carbocycles. The van der Waals surface area contributed by atoms with Crippen molar-refractivity contribution in [3.05, 3.63) is 86.5 Å². The van der Waals surface area contributed by atoms with E-state index in [0.29, 0.717) is 16.3 Å². The summed E-state index contributed by atoms with van der Waals surface area (Å²) in [4.78, 5) is 42.8. The quantitative estimate of drug-likeness (QED) is 0.160. The first-order chi connectivity index (χ1) is 22.7. The molecule has 3 amide bonds. The van der Waals surface area contributed by atoms with Crippen LogP contribution in [-0.4, -0.2) is 73.7 Å². The fourth-order valence-electron chi connectivity index (χ4n) is 4.34. The van der Waals surface area contributed by atoms with Crippen LogP contribution in [0.5, 0.6) is 0 Å². The maximum atomic E-state index is 14.4. The number of aromatic nitrogens is 5. The molecule has 0 aliphatic carbocycles. The summed E-state index contributed by atoms with van der Waals surface area (Å²) in [5.74, 6) is -14.1. The van der Waals surface area contributed by atoms with Gasteiger partial charge in [0.25, 0.3) is 11.8 Å². The fourth-order valence-corrected chi connectivity index (χ4v) is 4.81. The van der Waals surface area contributed by atoms with E-state index in [1.165, 1.54) is 44.4 Å². The molecule has 49 heavy (non-hydrogen) atoms. The Balaban J connectivity index is 1.75. The van der Waals surface area contributed by atoms with E-state index in [2.05, 4.69) is 30.7 Å². The third-order valence-electron chi connectivity index (χ3n) is 6.80. The van der Waals surface area contributed by atoms with Crippen LogP contribution < -0.4 is 10.7 Å². The number of amides is 3. The molecule has 21 heteroatoms. The molecule has 0 bridgehead atoms. The van der Waals surface area contributed by atoms with E-state index >= 15 is 0 Å². The molecule has 0 saturated heterocycles. The number of hydrazine groups is 1. The van der Waals surface area contributed by atoms with Gasteiger partial charge in [-0.15, -0.1) is 0 Å². The number of methoxy groups -OCH3 is 1. The molecule has 3 heterocycles. The van der Waals surface area contributed by atoms with Crippen molar-refractivity contribution in [2.45, 2.75) is 38.4 Å². The number of carbonyl (C=O) groups is 3. The zero-order chi connectivity index (χ0) is 36.6. The van der Waals surface area contributed by atoms with Crippen molar-refractivity contribution in [1.29, 1.82) is 0 Å². The topological polar surface area (TPSA) is 136 Å². The van der Waals surface area contributed by atoms with Gasteiger partial charge in [-0.25, -0.2) is 19.5 Å². The lowest BCUT2D eigenvalue weighted by Crippen LogP contribution is -2.50. The van der Waals surface area contributed by atoms with Crippen LogP contribution in [0, 0.1) is 13.8 Å². The summed E-state index contributed by atoms with van der Waals surface area (Å²) in [6.45, 7) is 2.05. The van der Waals surface area contributed by atoms with Crippen LogP contribution in [0.15, 0.2) is 42.6 Å². The molecule has 4 aromatic rings. The average molecular weight is 739 g/mol. The minimum Gasteiger partial charge on any atom is -0.452 e. The van der Waals surface area contributed by atoms with Gasteiger partial charge in [0.15, 0.2) is 5.82 Å². The standard InChI is InChI=1S/C28H23Cl2F7N8O4/c1-13-8-15(29)10-17(23(46)42-43(3)25(48)49-4)21(13)39-24(47)19-11-16(40-45(19)22-18(30)6-5-7-38-22)12-44-14(2)9-20(41-44)26(31,32)27(33,34)28(35,36)37/h5-11H,12H2,1-4H3,(H,39,47)(H,42,46). The summed E-state index contributed by atoms with van der Waals surface area (Å²) in [6.07, 6.45) is -6.18. The first kappa shape index (κ1) is 36.9. The van der Waals surface area contributed by atoms with Gasteiger partial charge in [0, 0.05) is 24.0 Å². The summed E-state index contributed by atoms with van der Waals surface area (Å²) in [5.41, 5.74) is -0.213. The molecular formula is C28H23Cl2F7N8O4. The van der Waals surface area contributed by atoms with Crippen molar-refractivity contribution in [2.24, 2.45) is 0 Å². The number of benzene rings is 1. The predicted molar refractivity (Wildman–Crippen MR) is 159 cm³/mol. The Morgan fingerprint density at radius 1 is 0.980 bits per heavy atom. The van der Waals surface area contributed by atoms with Crippen LogP contribution in [0.1, 0.15) is 43.5 Å². The zero-order valence-corrected chi connectivity index (χ0v) is 27.0. The SMILES string of the molecule is COC(=O)N(C)NC(=O)c1cc(Cl)cc(C)c1NC(=O)c1cc(Cn2nc(C(F)(F)C(F)(F)C(F)(F)F)cc2C)nn1-c1ncccc1Cl. The Labute approximate surface area is 281 Å². The summed E-state index contributed by atoms with van der Waals surface area (Å²) >= 11 is 12.4. The molecule has 0 radical (unpaired) electrons. The smallest absolute Gasteiger partial charge is 0.452 e. The second kappa shape index (κ2) is 13.5. The van der Waals surface area contributed by atoms with Crippen molar-refractivity contribution in [3.8, 4) is 5.82 Å². The largest absolute Gasteiger partial charge is 0.460 e. The van der Waals surface area contributed by atoms with Gasteiger partial charge >= 0.3 is 24.1 Å². The van der Waals surface area contributed by atoms with Gasteiger partial charge < -0.3 is 10.1 Å². The number of anilines is 1. The van der Waals surface area contributed by atoms with Crippen molar-refractivity contribution in [1.82, 2.24) is 35.0 Å². The van der Waals surface area contributed by atoms with Crippen LogP contribution in [0.2, 0.25) is 10.0 Å². The van der Waals surface area contributed by atoms with E-state index in [1.807, 2.05) is 0 Å². The maximum absolute atomic E-state index is 14.4. The third kappa shape index (κ3) is 7.26. The van der Waals surface area contributed by atoms with E-state index in [1.54, 1.807) is 0 Å². The van der Waals surface area contributed by atoms with Crippen LogP contribution in [0.3, 0.4) is 0 Å².